The number of carboxylic acid groups (broad SMARTS) is 1. The second kappa shape index (κ2) is 10.6. The molecule has 2 aromatic carbocycles. The maximum atomic E-state index is 13.3. The monoisotopic (exact) mass is 609 g/mol. The number of ether oxygens (including phenoxy) is 4. The van der Waals surface area contributed by atoms with Gasteiger partial charge in [-0.1, -0.05) is 36.4 Å². The lowest BCUT2D eigenvalue weighted by Crippen LogP contribution is -2.74. The van der Waals surface area contributed by atoms with Crippen molar-refractivity contribution in [3.8, 4) is 11.5 Å². The van der Waals surface area contributed by atoms with E-state index in [1.54, 1.807) is 12.1 Å². The summed E-state index contributed by atoms with van der Waals surface area (Å²) < 4.78 is 21.8. The first-order chi connectivity index (χ1) is 20.9. The highest BCUT2D eigenvalue weighted by Crippen LogP contribution is 2.65. The maximum absolute atomic E-state index is 13.3. The molecule has 1 fully saturated rings. The van der Waals surface area contributed by atoms with E-state index in [-0.39, 0.29) is 35.3 Å². The zero-order chi connectivity index (χ0) is 31.6. The summed E-state index contributed by atoms with van der Waals surface area (Å²) in [5.41, 5.74) is -0.787. The SMILES string of the molecule is CC(=O)O[C@@H](C(=O)O[C@H](C(=O)O)c1ccccc1)[C@@H](O)C(=O)OC1=CC[C@@]2(O)[C@H]3Cc4ccc(O)c5c4[C@@]2(CCN3C)[C@H]1O5. The highest BCUT2D eigenvalue weighted by Gasteiger charge is 2.72. The van der Waals surface area contributed by atoms with Crippen molar-refractivity contribution in [1.82, 2.24) is 4.90 Å². The number of aliphatic carboxylic acids is 1. The topological polar surface area (TPSA) is 189 Å². The van der Waals surface area contributed by atoms with E-state index in [0.717, 1.165) is 12.5 Å². The van der Waals surface area contributed by atoms with Crippen LogP contribution in [0, 0.1) is 0 Å². The van der Waals surface area contributed by atoms with E-state index < -0.39 is 59.3 Å². The average Bonchev–Trinajstić information content (AvgIpc) is 3.35. The molecule has 6 rings (SSSR count). The molecular weight excluding hydrogens is 578 g/mol. The van der Waals surface area contributed by atoms with Crippen molar-refractivity contribution in [2.75, 3.05) is 13.6 Å². The van der Waals surface area contributed by atoms with Crippen LogP contribution >= 0.6 is 0 Å². The number of hydrogen-bond acceptors (Lipinski definition) is 12. The zero-order valence-corrected chi connectivity index (χ0v) is 23.8. The molecule has 1 spiro atoms. The van der Waals surface area contributed by atoms with Gasteiger partial charge in [-0.3, -0.25) is 4.79 Å². The Morgan fingerprint density at radius 2 is 1.80 bits per heavy atom. The summed E-state index contributed by atoms with van der Waals surface area (Å²) in [6.07, 6.45) is -5.11. The van der Waals surface area contributed by atoms with E-state index in [9.17, 15) is 39.6 Å². The van der Waals surface area contributed by atoms with Crippen LogP contribution in [-0.4, -0.2) is 92.8 Å². The molecule has 44 heavy (non-hydrogen) atoms. The van der Waals surface area contributed by atoms with Crippen LogP contribution < -0.4 is 4.74 Å². The summed E-state index contributed by atoms with van der Waals surface area (Å²) in [5, 5.41) is 43.4. The first kappa shape index (κ1) is 29.6. The number of hydrogen-bond donors (Lipinski definition) is 4. The molecule has 0 radical (unpaired) electrons. The number of likely N-dealkylation sites (N-methyl/N-ethyl adjacent to an activating group) is 1. The van der Waals surface area contributed by atoms with Crippen LogP contribution in [0.3, 0.4) is 0 Å². The number of carbonyl (C=O) groups is 4. The minimum atomic E-state index is -2.42. The second-order valence-electron chi connectivity index (χ2n) is 11.6. The van der Waals surface area contributed by atoms with Crippen molar-refractivity contribution in [1.29, 1.82) is 0 Å². The number of rotatable bonds is 8. The molecule has 13 nitrogen and oxygen atoms in total. The van der Waals surface area contributed by atoms with Crippen molar-refractivity contribution in [2.45, 2.75) is 67.7 Å². The number of phenols is 1. The van der Waals surface area contributed by atoms with Crippen LogP contribution in [0.1, 0.15) is 42.6 Å². The predicted octanol–water partition coefficient (Wildman–Crippen LogP) is 0.875. The lowest BCUT2D eigenvalue weighted by molar-refractivity contribution is -0.189. The van der Waals surface area contributed by atoms with Gasteiger partial charge in [-0.25, -0.2) is 14.4 Å². The molecule has 0 amide bonds. The molecule has 2 bridgehead atoms. The summed E-state index contributed by atoms with van der Waals surface area (Å²) in [5.74, 6) is -5.50. The molecule has 7 atom stereocenters. The number of phenolic OH excluding ortho intramolecular Hbond substituents is 1. The van der Waals surface area contributed by atoms with Crippen molar-refractivity contribution in [2.24, 2.45) is 0 Å². The fraction of sp³-hybridized carbons (Fsp3) is 0.419. The first-order valence-electron chi connectivity index (χ1n) is 14.1. The molecule has 232 valence electrons. The minimum Gasteiger partial charge on any atom is -0.504 e. The fourth-order valence-corrected chi connectivity index (χ4v) is 7.23. The molecule has 2 aromatic rings. The van der Waals surface area contributed by atoms with Gasteiger partial charge in [0.05, 0.1) is 11.0 Å². The summed E-state index contributed by atoms with van der Waals surface area (Å²) in [4.78, 5) is 52.1. The van der Waals surface area contributed by atoms with Gasteiger partial charge >= 0.3 is 23.9 Å². The molecule has 4 aliphatic rings. The van der Waals surface area contributed by atoms with E-state index >= 15 is 0 Å². The summed E-state index contributed by atoms with van der Waals surface area (Å²) >= 11 is 0. The van der Waals surface area contributed by atoms with Gasteiger partial charge in [0.15, 0.2) is 23.7 Å². The maximum Gasteiger partial charge on any atom is 0.352 e. The van der Waals surface area contributed by atoms with Gasteiger partial charge in [0, 0.05) is 30.5 Å². The quantitative estimate of drug-likeness (QED) is 0.244. The van der Waals surface area contributed by atoms with Gasteiger partial charge in [0.1, 0.15) is 5.76 Å². The van der Waals surface area contributed by atoms with Crippen molar-refractivity contribution >= 4 is 23.9 Å². The van der Waals surface area contributed by atoms with Crippen LogP contribution in [0.5, 0.6) is 11.5 Å². The first-order valence-corrected chi connectivity index (χ1v) is 14.1. The van der Waals surface area contributed by atoms with Gasteiger partial charge < -0.3 is 44.3 Å². The predicted molar refractivity (Wildman–Crippen MR) is 147 cm³/mol. The normalized spacial score (nSPS) is 28.3. The van der Waals surface area contributed by atoms with E-state index in [0.29, 0.717) is 24.9 Å². The lowest BCUT2D eigenvalue weighted by Gasteiger charge is -2.61. The van der Waals surface area contributed by atoms with E-state index in [1.165, 1.54) is 36.4 Å². The number of aliphatic hydroxyl groups is 2. The molecule has 0 unspecified atom stereocenters. The highest BCUT2D eigenvalue weighted by molar-refractivity contribution is 5.89. The minimum absolute atomic E-state index is 0.0574. The number of carbonyl (C=O) groups excluding carboxylic acids is 3. The molecule has 2 heterocycles. The summed E-state index contributed by atoms with van der Waals surface area (Å²) in [6.45, 7) is 1.51. The number of aliphatic hydroxyl groups excluding tert-OH is 1. The van der Waals surface area contributed by atoms with Crippen LogP contribution in [0.15, 0.2) is 54.3 Å². The Morgan fingerprint density at radius 3 is 2.48 bits per heavy atom. The van der Waals surface area contributed by atoms with Gasteiger partial charge in [0.2, 0.25) is 12.2 Å². The van der Waals surface area contributed by atoms with Gasteiger partial charge in [-0.2, -0.15) is 0 Å². The van der Waals surface area contributed by atoms with Gasteiger partial charge in [-0.15, -0.1) is 0 Å². The number of aromatic hydroxyl groups is 1. The fourth-order valence-electron chi connectivity index (χ4n) is 7.23. The molecular formula is C31H31NO12. The molecule has 1 saturated heterocycles. The second-order valence-corrected chi connectivity index (χ2v) is 11.6. The number of nitrogens with zero attached hydrogens (tertiary/aromatic N) is 1. The Balaban J connectivity index is 1.28. The number of esters is 3. The molecule has 4 N–H and O–H groups in total. The number of carboxylic acids is 1. The van der Waals surface area contributed by atoms with E-state index in [2.05, 4.69) is 4.90 Å². The Kier molecular flexibility index (Phi) is 7.14. The average molecular weight is 610 g/mol. The Bertz CT molecular complexity index is 1570. The van der Waals surface area contributed by atoms with E-state index in [1.807, 2.05) is 7.05 Å². The van der Waals surface area contributed by atoms with Crippen LogP contribution in [-0.2, 0) is 45.2 Å². The van der Waals surface area contributed by atoms with Crippen LogP contribution in [0.2, 0.25) is 0 Å². The van der Waals surface area contributed by atoms with Crippen LogP contribution in [0.25, 0.3) is 0 Å². The molecule has 2 aliphatic heterocycles. The van der Waals surface area contributed by atoms with Gasteiger partial charge in [-0.05, 0) is 44.1 Å². The van der Waals surface area contributed by atoms with Crippen molar-refractivity contribution in [3.63, 3.8) is 0 Å². The standard InChI is InChI=1S/C31H31NO12/c1-15(33)41-25(29(39)44-23(27(36)37)16-6-4-3-5-7-16)22(35)28(38)42-19-10-11-31(40)20-14-17-8-9-18(34)24-21(17)30(31,26(19)43-24)12-13-32(20)2/h3-10,20,22-23,25-26,34-35,40H,11-14H2,1-2H3,(H,36,37)/t20-,22-,23+,25-,26+,30+,31-/m1/s1. The number of piperidine rings is 1. The molecule has 2 aliphatic carbocycles. The Hall–Kier alpha value is -4.46. The van der Waals surface area contributed by atoms with Gasteiger partial charge in [0.25, 0.3) is 0 Å². The van der Waals surface area contributed by atoms with E-state index in [4.69, 9.17) is 18.9 Å². The smallest absolute Gasteiger partial charge is 0.352 e. The Labute approximate surface area is 251 Å². The number of benzene rings is 2. The zero-order valence-electron chi connectivity index (χ0n) is 23.8. The third kappa shape index (κ3) is 4.33. The summed E-state index contributed by atoms with van der Waals surface area (Å²) in [6, 6.07) is 10.5. The number of likely N-dealkylation sites (tertiary alicyclic amines) is 1. The molecule has 0 aromatic heterocycles. The largest absolute Gasteiger partial charge is 0.504 e. The third-order valence-corrected chi connectivity index (χ3v) is 9.19. The van der Waals surface area contributed by atoms with Crippen molar-refractivity contribution < 1.29 is 58.6 Å². The third-order valence-electron chi connectivity index (χ3n) is 9.19. The Morgan fingerprint density at radius 1 is 1.07 bits per heavy atom. The summed E-state index contributed by atoms with van der Waals surface area (Å²) in [7, 11) is 1.92. The molecule has 13 heteroatoms. The highest BCUT2D eigenvalue weighted by atomic mass is 16.6. The molecule has 0 saturated carbocycles. The lowest BCUT2D eigenvalue weighted by atomic mass is 9.50. The van der Waals surface area contributed by atoms with Crippen LogP contribution in [0.4, 0.5) is 0 Å². The van der Waals surface area contributed by atoms with Crippen molar-refractivity contribution in [3.05, 3.63) is 71.0 Å².